The van der Waals surface area contributed by atoms with Gasteiger partial charge in [-0.2, -0.15) is 5.10 Å². The summed E-state index contributed by atoms with van der Waals surface area (Å²) in [6.07, 6.45) is 2.99. The number of aromatic nitrogens is 5. The van der Waals surface area contributed by atoms with Crippen molar-refractivity contribution in [2.24, 2.45) is 0 Å². The summed E-state index contributed by atoms with van der Waals surface area (Å²) >= 11 is 0. The number of nitrogens with zero attached hydrogens (tertiary/aromatic N) is 5. The SMILES string of the molecule is O=C(CCn1nccc1C(=O)O)Nc1ncn(Cc2ccccc2)n1. The molecule has 0 aliphatic rings. The first-order chi connectivity index (χ1) is 12.1. The van der Waals surface area contributed by atoms with Gasteiger partial charge in [0.05, 0.1) is 13.1 Å². The maximum atomic E-state index is 12.0. The topological polar surface area (TPSA) is 115 Å². The van der Waals surface area contributed by atoms with Gasteiger partial charge < -0.3 is 5.11 Å². The molecule has 0 fully saturated rings. The minimum Gasteiger partial charge on any atom is -0.477 e. The van der Waals surface area contributed by atoms with Crippen LogP contribution in [0.2, 0.25) is 0 Å². The van der Waals surface area contributed by atoms with Crippen LogP contribution >= 0.6 is 0 Å². The highest BCUT2D eigenvalue weighted by Crippen LogP contribution is 2.05. The molecule has 3 rings (SSSR count). The molecule has 25 heavy (non-hydrogen) atoms. The van der Waals surface area contributed by atoms with Crippen molar-refractivity contribution in [2.75, 3.05) is 5.32 Å². The zero-order valence-corrected chi connectivity index (χ0v) is 13.2. The minimum absolute atomic E-state index is 0.0399. The van der Waals surface area contributed by atoms with E-state index in [2.05, 4.69) is 20.5 Å². The molecule has 2 aromatic heterocycles. The Morgan fingerprint density at radius 2 is 1.96 bits per heavy atom. The second-order valence-corrected chi connectivity index (χ2v) is 5.29. The average Bonchev–Trinajstić information content (AvgIpc) is 3.23. The highest BCUT2D eigenvalue weighted by Gasteiger charge is 2.12. The monoisotopic (exact) mass is 340 g/mol. The van der Waals surface area contributed by atoms with Crippen LogP contribution in [0.25, 0.3) is 0 Å². The number of rotatable bonds is 7. The van der Waals surface area contributed by atoms with E-state index >= 15 is 0 Å². The van der Waals surface area contributed by atoms with Crippen LogP contribution in [0.4, 0.5) is 5.95 Å². The second-order valence-electron chi connectivity index (χ2n) is 5.29. The lowest BCUT2D eigenvalue weighted by Gasteiger charge is -2.04. The fraction of sp³-hybridized carbons (Fsp3) is 0.188. The van der Waals surface area contributed by atoms with E-state index in [0.29, 0.717) is 6.54 Å². The predicted molar refractivity (Wildman–Crippen MR) is 88.0 cm³/mol. The zero-order chi connectivity index (χ0) is 17.6. The Balaban J connectivity index is 1.53. The number of aromatic carboxylic acids is 1. The van der Waals surface area contributed by atoms with E-state index in [1.54, 1.807) is 11.0 Å². The molecule has 0 atom stereocenters. The Kier molecular flexibility index (Phi) is 4.84. The smallest absolute Gasteiger partial charge is 0.354 e. The van der Waals surface area contributed by atoms with Crippen LogP contribution in [0.15, 0.2) is 48.9 Å². The van der Waals surface area contributed by atoms with E-state index in [0.717, 1.165) is 5.56 Å². The van der Waals surface area contributed by atoms with Crippen LogP contribution < -0.4 is 5.32 Å². The lowest BCUT2D eigenvalue weighted by Crippen LogP contribution is -2.18. The lowest BCUT2D eigenvalue weighted by molar-refractivity contribution is -0.116. The molecule has 3 aromatic rings. The molecule has 2 heterocycles. The Bertz CT molecular complexity index is 871. The number of carboxylic acid groups (broad SMARTS) is 1. The summed E-state index contributed by atoms with van der Waals surface area (Å²) in [5.41, 5.74) is 1.11. The summed E-state index contributed by atoms with van der Waals surface area (Å²) in [7, 11) is 0. The first-order valence-corrected chi connectivity index (χ1v) is 7.60. The fourth-order valence-corrected chi connectivity index (χ4v) is 2.29. The number of carboxylic acids is 1. The van der Waals surface area contributed by atoms with Crippen LogP contribution in [0.3, 0.4) is 0 Å². The van der Waals surface area contributed by atoms with Crippen molar-refractivity contribution in [2.45, 2.75) is 19.5 Å². The summed E-state index contributed by atoms with van der Waals surface area (Å²) in [4.78, 5) is 27.0. The standard InChI is InChI=1S/C16H16N6O3/c23-14(7-9-22-13(15(24)25)6-8-18-22)19-16-17-11-21(20-16)10-12-4-2-1-3-5-12/h1-6,8,11H,7,9-10H2,(H,24,25)(H,19,20,23). The van der Waals surface area contributed by atoms with Crippen LogP contribution in [0.5, 0.6) is 0 Å². The van der Waals surface area contributed by atoms with Gasteiger partial charge >= 0.3 is 5.97 Å². The molecule has 1 amide bonds. The highest BCUT2D eigenvalue weighted by atomic mass is 16.4. The largest absolute Gasteiger partial charge is 0.477 e. The van der Waals surface area contributed by atoms with Crippen molar-refractivity contribution >= 4 is 17.8 Å². The van der Waals surface area contributed by atoms with E-state index in [-0.39, 0.29) is 30.5 Å². The molecule has 128 valence electrons. The molecule has 0 saturated carbocycles. The quantitative estimate of drug-likeness (QED) is 0.669. The van der Waals surface area contributed by atoms with Gasteiger partial charge in [-0.25, -0.2) is 14.5 Å². The Hall–Kier alpha value is -3.49. The van der Waals surface area contributed by atoms with Gasteiger partial charge in [0.15, 0.2) is 0 Å². The summed E-state index contributed by atoms with van der Waals surface area (Å²) in [5, 5.41) is 19.7. The maximum absolute atomic E-state index is 12.0. The van der Waals surface area contributed by atoms with Gasteiger partial charge in [-0.15, -0.1) is 5.10 Å². The molecule has 0 spiro atoms. The number of benzene rings is 1. The number of carbonyl (C=O) groups excluding carboxylic acids is 1. The molecular weight excluding hydrogens is 324 g/mol. The summed E-state index contributed by atoms with van der Waals surface area (Å²) < 4.78 is 2.89. The number of amides is 1. The average molecular weight is 340 g/mol. The van der Waals surface area contributed by atoms with Crippen molar-refractivity contribution in [1.82, 2.24) is 24.5 Å². The van der Waals surface area contributed by atoms with Crippen LogP contribution in [0, 0.1) is 0 Å². The van der Waals surface area contributed by atoms with Crippen molar-refractivity contribution in [3.63, 3.8) is 0 Å². The zero-order valence-electron chi connectivity index (χ0n) is 13.2. The van der Waals surface area contributed by atoms with Gasteiger partial charge in [-0.05, 0) is 11.6 Å². The first kappa shape index (κ1) is 16.4. The van der Waals surface area contributed by atoms with Crippen molar-refractivity contribution in [3.8, 4) is 0 Å². The number of nitrogens with one attached hydrogen (secondary N) is 1. The van der Waals surface area contributed by atoms with Gasteiger partial charge in [-0.3, -0.25) is 14.8 Å². The summed E-state index contributed by atoms with van der Waals surface area (Å²) in [6, 6.07) is 11.2. The fourth-order valence-electron chi connectivity index (χ4n) is 2.29. The lowest BCUT2D eigenvalue weighted by atomic mass is 10.2. The molecule has 0 radical (unpaired) electrons. The predicted octanol–water partition coefficient (Wildman–Crippen LogP) is 1.25. The van der Waals surface area contributed by atoms with E-state index < -0.39 is 5.97 Å². The van der Waals surface area contributed by atoms with Gasteiger partial charge in [-0.1, -0.05) is 30.3 Å². The minimum atomic E-state index is -1.08. The molecule has 0 bridgehead atoms. The molecule has 9 heteroatoms. The third kappa shape index (κ3) is 4.28. The Labute approximate surface area is 142 Å². The normalized spacial score (nSPS) is 10.6. The van der Waals surface area contributed by atoms with E-state index in [4.69, 9.17) is 5.11 Å². The number of hydrogen-bond acceptors (Lipinski definition) is 5. The van der Waals surface area contributed by atoms with E-state index in [1.165, 1.54) is 16.9 Å². The molecular formula is C16H16N6O3. The molecule has 9 nitrogen and oxygen atoms in total. The van der Waals surface area contributed by atoms with Crippen LogP contribution in [0.1, 0.15) is 22.5 Å². The number of aryl methyl sites for hydroxylation is 1. The van der Waals surface area contributed by atoms with Gasteiger partial charge in [0.25, 0.3) is 0 Å². The summed E-state index contributed by atoms with van der Waals surface area (Å²) in [6.45, 7) is 0.712. The van der Waals surface area contributed by atoms with E-state index in [9.17, 15) is 9.59 Å². The van der Waals surface area contributed by atoms with Crippen molar-refractivity contribution in [1.29, 1.82) is 0 Å². The number of hydrogen-bond donors (Lipinski definition) is 2. The Morgan fingerprint density at radius 1 is 1.16 bits per heavy atom. The highest BCUT2D eigenvalue weighted by molar-refractivity contribution is 5.89. The Morgan fingerprint density at radius 3 is 2.72 bits per heavy atom. The third-order valence-electron chi connectivity index (χ3n) is 3.46. The third-order valence-corrected chi connectivity index (χ3v) is 3.46. The van der Waals surface area contributed by atoms with Crippen LogP contribution in [-0.2, 0) is 17.9 Å². The second kappa shape index (κ2) is 7.39. The number of anilines is 1. The molecule has 1 aromatic carbocycles. The summed E-state index contributed by atoms with van der Waals surface area (Å²) in [5.74, 6) is -1.19. The molecule has 0 saturated heterocycles. The van der Waals surface area contributed by atoms with Crippen molar-refractivity contribution < 1.29 is 14.7 Å². The van der Waals surface area contributed by atoms with Gasteiger partial charge in [0.2, 0.25) is 11.9 Å². The van der Waals surface area contributed by atoms with Crippen molar-refractivity contribution in [3.05, 3.63) is 60.2 Å². The molecule has 0 unspecified atom stereocenters. The van der Waals surface area contributed by atoms with Crippen LogP contribution in [-0.4, -0.2) is 41.5 Å². The number of carbonyl (C=O) groups is 2. The van der Waals surface area contributed by atoms with Gasteiger partial charge in [0, 0.05) is 12.6 Å². The van der Waals surface area contributed by atoms with Gasteiger partial charge in [0.1, 0.15) is 12.0 Å². The molecule has 2 N–H and O–H groups in total. The first-order valence-electron chi connectivity index (χ1n) is 7.60. The maximum Gasteiger partial charge on any atom is 0.354 e. The molecule has 0 aliphatic carbocycles. The molecule has 0 aliphatic heterocycles. The van der Waals surface area contributed by atoms with E-state index in [1.807, 2.05) is 30.3 Å².